The molecule has 1 unspecified atom stereocenters. The van der Waals surface area contributed by atoms with Crippen molar-refractivity contribution in [3.05, 3.63) is 38.6 Å². The molecule has 2 aromatic heterocycles. The lowest BCUT2D eigenvalue weighted by Gasteiger charge is -2.32. The van der Waals surface area contributed by atoms with Crippen LogP contribution in [0, 0.1) is 0 Å². The smallest absolute Gasteiger partial charge is 0.265 e. The van der Waals surface area contributed by atoms with Gasteiger partial charge in [-0.25, -0.2) is 13.4 Å². The highest BCUT2D eigenvalue weighted by Crippen LogP contribution is 2.32. The predicted molar refractivity (Wildman–Crippen MR) is 103 cm³/mol. The van der Waals surface area contributed by atoms with Crippen LogP contribution in [0.5, 0.6) is 5.88 Å². The van der Waals surface area contributed by atoms with E-state index in [1.165, 1.54) is 11.6 Å². The van der Waals surface area contributed by atoms with Gasteiger partial charge in [0.2, 0.25) is 5.88 Å². The van der Waals surface area contributed by atoms with Gasteiger partial charge < -0.3 is 14.4 Å². The van der Waals surface area contributed by atoms with Crippen LogP contribution in [-0.2, 0) is 14.6 Å². The van der Waals surface area contributed by atoms with Crippen molar-refractivity contribution >= 4 is 50.3 Å². The molecule has 1 aliphatic heterocycles. The third-order valence-corrected chi connectivity index (χ3v) is 6.91. The van der Waals surface area contributed by atoms with Crippen molar-refractivity contribution in [2.24, 2.45) is 0 Å². The summed E-state index contributed by atoms with van der Waals surface area (Å²) in [6.45, 7) is 1.24. The normalized spacial score (nSPS) is 17.7. The van der Waals surface area contributed by atoms with E-state index in [9.17, 15) is 13.2 Å². The molecule has 146 valence electrons. The Labute approximate surface area is 170 Å². The van der Waals surface area contributed by atoms with Crippen LogP contribution < -0.4 is 4.74 Å². The first kappa shape index (κ1) is 20.3. The number of amides is 1. The molecule has 0 saturated carbocycles. The number of morpholine rings is 1. The van der Waals surface area contributed by atoms with Gasteiger partial charge in [-0.3, -0.25) is 4.79 Å². The Balaban J connectivity index is 1.64. The first-order valence-electron chi connectivity index (χ1n) is 7.88. The van der Waals surface area contributed by atoms with Gasteiger partial charge >= 0.3 is 0 Å². The Morgan fingerprint density at radius 2 is 2.22 bits per heavy atom. The molecule has 0 bridgehead atoms. The molecule has 27 heavy (non-hydrogen) atoms. The minimum Gasteiger partial charge on any atom is -0.475 e. The van der Waals surface area contributed by atoms with Gasteiger partial charge in [0, 0.05) is 30.4 Å². The number of ether oxygens (including phenoxy) is 2. The number of hydrogen-bond acceptors (Lipinski definition) is 7. The molecule has 1 saturated heterocycles. The number of halogens is 2. The Bertz CT molecular complexity index is 931. The van der Waals surface area contributed by atoms with Crippen LogP contribution in [0.2, 0.25) is 10.0 Å². The summed E-state index contributed by atoms with van der Waals surface area (Å²) in [5.74, 6) is 0.0864. The van der Waals surface area contributed by atoms with Crippen LogP contribution in [0.25, 0.3) is 0 Å². The van der Waals surface area contributed by atoms with Crippen LogP contribution >= 0.6 is 34.5 Å². The van der Waals surface area contributed by atoms with Crippen molar-refractivity contribution in [3.63, 3.8) is 0 Å². The SMILES string of the molecule is CS(=O)(=O)c1csc(C(=O)N2CCOC(COc3ccc(Cl)cn3)C2)c1Cl. The van der Waals surface area contributed by atoms with E-state index in [2.05, 4.69) is 4.98 Å². The first-order valence-corrected chi connectivity index (χ1v) is 11.4. The average Bonchev–Trinajstić information content (AvgIpc) is 3.02. The van der Waals surface area contributed by atoms with E-state index in [-0.39, 0.29) is 33.4 Å². The van der Waals surface area contributed by atoms with Crippen LogP contribution in [0.15, 0.2) is 28.6 Å². The molecule has 1 aliphatic rings. The summed E-state index contributed by atoms with van der Waals surface area (Å²) in [4.78, 5) is 18.5. The molecule has 3 rings (SSSR count). The zero-order chi connectivity index (χ0) is 19.6. The number of sulfone groups is 1. The summed E-state index contributed by atoms with van der Waals surface area (Å²) >= 11 is 12.9. The zero-order valence-corrected chi connectivity index (χ0v) is 17.4. The molecule has 7 nitrogen and oxygen atoms in total. The summed E-state index contributed by atoms with van der Waals surface area (Å²) in [5, 5.41) is 1.87. The van der Waals surface area contributed by atoms with Crippen molar-refractivity contribution < 1.29 is 22.7 Å². The molecule has 1 amide bonds. The molecule has 3 heterocycles. The third kappa shape index (κ3) is 4.91. The Kier molecular flexibility index (Phi) is 6.27. The molecule has 0 aliphatic carbocycles. The standard InChI is InChI=1S/C16H16Cl2N2O5S2/c1-27(22,23)12-9-26-15(14(12)18)16(21)20-4-5-24-11(7-20)8-25-13-3-2-10(17)6-19-13/h2-3,6,9,11H,4-5,7-8H2,1H3. The van der Waals surface area contributed by atoms with E-state index in [0.717, 1.165) is 17.6 Å². The summed E-state index contributed by atoms with van der Waals surface area (Å²) in [6, 6.07) is 3.31. The second-order valence-corrected chi connectivity index (χ2v) is 9.56. The molecule has 1 atom stereocenters. The maximum absolute atomic E-state index is 12.8. The molecule has 0 radical (unpaired) electrons. The monoisotopic (exact) mass is 450 g/mol. The van der Waals surface area contributed by atoms with Gasteiger partial charge in [-0.1, -0.05) is 23.2 Å². The lowest BCUT2D eigenvalue weighted by molar-refractivity contribution is -0.0405. The van der Waals surface area contributed by atoms with Crippen molar-refractivity contribution in [3.8, 4) is 5.88 Å². The number of pyridine rings is 1. The predicted octanol–water partition coefficient (Wildman–Crippen LogP) is 2.77. The fourth-order valence-corrected chi connectivity index (χ4v) is 5.48. The highest BCUT2D eigenvalue weighted by atomic mass is 35.5. The summed E-state index contributed by atoms with van der Waals surface area (Å²) in [7, 11) is -3.48. The second kappa shape index (κ2) is 8.32. The van der Waals surface area contributed by atoms with Crippen molar-refractivity contribution in [1.82, 2.24) is 9.88 Å². The van der Waals surface area contributed by atoms with Crippen LogP contribution in [0.3, 0.4) is 0 Å². The molecule has 11 heteroatoms. The molecular formula is C16H16Cl2N2O5S2. The number of rotatable bonds is 5. The highest BCUT2D eigenvalue weighted by Gasteiger charge is 2.30. The molecule has 0 aromatic carbocycles. The molecule has 0 spiro atoms. The fourth-order valence-electron chi connectivity index (χ4n) is 2.50. The maximum atomic E-state index is 12.8. The average molecular weight is 451 g/mol. The van der Waals surface area contributed by atoms with Crippen LogP contribution in [-0.4, -0.2) is 62.9 Å². The van der Waals surface area contributed by atoms with E-state index in [1.54, 1.807) is 17.0 Å². The number of hydrogen-bond donors (Lipinski definition) is 0. The summed E-state index contributed by atoms with van der Waals surface area (Å²) in [6.07, 6.45) is 2.20. The second-order valence-electron chi connectivity index (χ2n) is 5.88. The number of thiophene rings is 1. The lowest BCUT2D eigenvalue weighted by Crippen LogP contribution is -2.47. The fraction of sp³-hybridized carbons (Fsp3) is 0.375. The maximum Gasteiger partial charge on any atom is 0.265 e. The number of carbonyl (C=O) groups is 1. The van der Waals surface area contributed by atoms with Gasteiger partial charge in [-0.05, 0) is 6.07 Å². The Morgan fingerprint density at radius 1 is 1.44 bits per heavy atom. The number of nitrogens with zero attached hydrogens (tertiary/aromatic N) is 2. The zero-order valence-electron chi connectivity index (χ0n) is 14.2. The van der Waals surface area contributed by atoms with Gasteiger partial charge in [-0.2, -0.15) is 0 Å². The third-order valence-electron chi connectivity index (χ3n) is 3.84. The first-order chi connectivity index (χ1) is 12.8. The van der Waals surface area contributed by atoms with E-state index >= 15 is 0 Å². The summed E-state index contributed by atoms with van der Waals surface area (Å²) < 4.78 is 34.6. The van der Waals surface area contributed by atoms with Crippen molar-refractivity contribution in [2.45, 2.75) is 11.0 Å². The Hall–Kier alpha value is -1.39. The highest BCUT2D eigenvalue weighted by molar-refractivity contribution is 7.91. The quantitative estimate of drug-likeness (QED) is 0.695. The van der Waals surface area contributed by atoms with Crippen molar-refractivity contribution in [2.75, 3.05) is 32.6 Å². The minimum absolute atomic E-state index is 0.0283. The van der Waals surface area contributed by atoms with E-state index < -0.39 is 9.84 Å². The van der Waals surface area contributed by atoms with Crippen LogP contribution in [0.1, 0.15) is 9.67 Å². The minimum atomic E-state index is -3.48. The summed E-state index contributed by atoms with van der Waals surface area (Å²) in [5.41, 5.74) is 0. The van der Waals surface area contributed by atoms with Gasteiger partial charge in [-0.15, -0.1) is 11.3 Å². The molecular weight excluding hydrogens is 435 g/mol. The van der Waals surface area contributed by atoms with Crippen molar-refractivity contribution in [1.29, 1.82) is 0 Å². The van der Waals surface area contributed by atoms with E-state index in [4.69, 9.17) is 32.7 Å². The molecule has 0 N–H and O–H groups in total. The van der Waals surface area contributed by atoms with Gasteiger partial charge in [0.25, 0.3) is 5.91 Å². The van der Waals surface area contributed by atoms with Crippen LogP contribution in [0.4, 0.5) is 0 Å². The molecule has 2 aromatic rings. The topological polar surface area (TPSA) is 85.8 Å². The van der Waals surface area contributed by atoms with Gasteiger partial charge in [0.15, 0.2) is 9.84 Å². The number of carbonyl (C=O) groups excluding carboxylic acids is 1. The van der Waals surface area contributed by atoms with Gasteiger partial charge in [0.1, 0.15) is 17.6 Å². The van der Waals surface area contributed by atoms with Gasteiger partial charge in [0.05, 0.1) is 28.1 Å². The van der Waals surface area contributed by atoms with E-state index in [1.807, 2.05) is 0 Å². The lowest BCUT2D eigenvalue weighted by atomic mass is 10.2. The Morgan fingerprint density at radius 3 is 2.85 bits per heavy atom. The number of aromatic nitrogens is 1. The molecule has 1 fully saturated rings. The van der Waals surface area contributed by atoms with E-state index in [0.29, 0.717) is 30.6 Å². The largest absolute Gasteiger partial charge is 0.475 e.